The lowest BCUT2D eigenvalue weighted by atomic mass is 10.2. The second-order valence-corrected chi connectivity index (χ2v) is 8.29. The molecule has 9 heteroatoms. The normalized spacial score (nSPS) is 10.4. The molecule has 0 aliphatic rings. The summed E-state index contributed by atoms with van der Waals surface area (Å²) >= 11 is 10.6. The number of aromatic nitrogens is 1. The average Bonchev–Trinajstić information content (AvgIpc) is 3.10. The largest absolute Gasteiger partial charge is 0.488 e. The van der Waals surface area contributed by atoms with Gasteiger partial charge in [-0.1, -0.05) is 53.3 Å². The minimum Gasteiger partial charge on any atom is -0.488 e. The van der Waals surface area contributed by atoms with Crippen molar-refractivity contribution in [1.82, 2.24) is 4.98 Å². The Balaban J connectivity index is 1.59. The number of amides is 1. The fourth-order valence-electron chi connectivity index (χ4n) is 2.21. The predicted molar refractivity (Wildman–Crippen MR) is 111 cm³/mol. The highest BCUT2D eigenvalue weighted by molar-refractivity contribution is 9.11. The van der Waals surface area contributed by atoms with Crippen LogP contribution in [0.15, 0.2) is 58.5 Å². The Hall–Kier alpha value is -2.42. The molecule has 28 heavy (non-hydrogen) atoms. The van der Waals surface area contributed by atoms with E-state index < -0.39 is 18.5 Å². The van der Waals surface area contributed by atoms with E-state index in [9.17, 15) is 9.59 Å². The number of benzene rings is 2. The van der Waals surface area contributed by atoms with Gasteiger partial charge in [0.1, 0.15) is 17.9 Å². The lowest BCUT2D eigenvalue weighted by molar-refractivity contribution is -0.119. The number of esters is 1. The van der Waals surface area contributed by atoms with Crippen molar-refractivity contribution < 1.29 is 19.1 Å². The van der Waals surface area contributed by atoms with Crippen molar-refractivity contribution in [3.63, 3.8) is 0 Å². The first-order valence-corrected chi connectivity index (χ1v) is 10.0. The van der Waals surface area contributed by atoms with Crippen LogP contribution < -0.4 is 10.1 Å². The van der Waals surface area contributed by atoms with Gasteiger partial charge in [0.25, 0.3) is 5.91 Å². The summed E-state index contributed by atoms with van der Waals surface area (Å²) in [5.41, 5.74) is 1.01. The molecule has 0 fully saturated rings. The number of nitrogens with zero attached hydrogens (tertiary/aromatic N) is 1. The number of para-hydroxylation sites is 1. The second-order valence-electron chi connectivity index (χ2n) is 5.47. The topological polar surface area (TPSA) is 77.5 Å². The van der Waals surface area contributed by atoms with Crippen LogP contribution in [0.4, 0.5) is 5.13 Å². The zero-order valence-electron chi connectivity index (χ0n) is 14.4. The second kappa shape index (κ2) is 9.68. The third-order valence-corrected chi connectivity index (χ3v) is 5.27. The highest BCUT2D eigenvalue weighted by Gasteiger charge is 2.16. The minimum absolute atomic E-state index is 0.198. The van der Waals surface area contributed by atoms with E-state index in [0.717, 1.165) is 9.35 Å². The number of carbonyl (C=O) groups excluding carboxylic acids is 2. The first-order chi connectivity index (χ1) is 13.5. The molecule has 0 spiro atoms. The van der Waals surface area contributed by atoms with Gasteiger partial charge < -0.3 is 9.47 Å². The Labute approximate surface area is 178 Å². The molecule has 6 nitrogen and oxygen atoms in total. The maximum absolute atomic E-state index is 12.4. The summed E-state index contributed by atoms with van der Waals surface area (Å²) in [4.78, 5) is 28.3. The summed E-state index contributed by atoms with van der Waals surface area (Å²) in [5.74, 6) is -0.799. The van der Waals surface area contributed by atoms with Crippen LogP contribution in [0.5, 0.6) is 5.75 Å². The van der Waals surface area contributed by atoms with Crippen LogP contribution in [0.2, 0.25) is 5.02 Å². The molecule has 0 radical (unpaired) electrons. The van der Waals surface area contributed by atoms with Gasteiger partial charge in [-0.2, -0.15) is 0 Å². The van der Waals surface area contributed by atoms with Crippen LogP contribution in [-0.4, -0.2) is 23.5 Å². The van der Waals surface area contributed by atoms with E-state index in [1.807, 2.05) is 18.2 Å². The standard InChI is InChI=1S/C19H14BrClN2O4S/c20-16-9-22-19(28-16)23-17(24)11-27-18(25)13-6-2-4-8-15(13)26-10-12-5-1-3-7-14(12)21/h1-9H,10-11H2,(H,22,23,24). The number of nitrogens with one attached hydrogen (secondary N) is 1. The number of rotatable bonds is 7. The molecule has 0 atom stereocenters. The zero-order chi connectivity index (χ0) is 19.9. The first kappa shape index (κ1) is 20.3. The molecule has 3 rings (SSSR count). The summed E-state index contributed by atoms with van der Waals surface area (Å²) < 4.78 is 11.6. The van der Waals surface area contributed by atoms with Gasteiger partial charge in [-0.15, -0.1) is 0 Å². The van der Waals surface area contributed by atoms with Gasteiger partial charge in [-0.25, -0.2) is 9.78 Å². The summed E-state index contributed by atoms with van der Waals surface area (Å²) in [6.45, 7) is -0.238. The van der Waals surface area contributed by atoms with Crippen LogP contribution in [0.25, 0.3) is 0 Å². The Kier molecular flexibility index (Phi) is 7.02. The van der Waals surface area contributed by atoms with E-state index in [1.165, 1.54) is 11.3 Å². The molecule has 3 aromatic rings. The third kappa shape index (κ3) is 5.54. The molecular weight excluding hydrogens is 468 g/mol. The number of thiazole rings is 1. The molecule has 144 valence electrons. The summed E-state index contributed by atoms with van der Waals surface area (Å²) in [5, 5.41) is 3.54. The van der Waals surface area contributed by atoms with Crippen molar-refractivity contribution in [1.29, 1.82) is 0 Å². The Morgan fingerprint density at radius 1 is 1.14 bits per heavy atom. The number of ether oxygens (including phenoxy) is 2. The van der Waals surface area contributed by atoms with Crippen LogP contribution in [-0.2, 0) is 16.1 Å². The van der Waals surface area contributed by atoms with Crippen molar-refractivity contribution in [3.8, 4) is 5.75 Å². The van der Waals surface area contributed by atoms with Crippen molar-refractivity contribution in [3.05, 3.63) is 74.7 Å². The quantitative estimate of drug-likeness (QED) is 0.484. The van der Waals surface area contributed by atoms with E-state index in [1.54, 1.807) is 36.5 Å². The van der Waals surface area contributed by atoms with E-state index >= 15 is 0 Å². The van der Waals surface area contributed by atoms with Crippen LogP contribution in [0, 0.1) is 0 Å². The number of anilines is 1. The van der Waals surface area contributed by atoms with Gasteiger partial charge >= 0.3 is 5.97 Å². The molecule has 1 amide bonds. The van der Waals surface area contributed by atoms with Crippen molar-refractivity contribution in [2.45, 2.75) is 6.61 Å². The monoisotopic (exact) mass is 480 g/mol. The highest BCUT2D eigenvalue weighted by atomic mass is 79.9. The van der Waals surface area contributed by atoms with Gasteiger partial charge in [0.05, 0.1) is 9.98 Å². The summed E-state index contributed by atoms with van der Waals surface area (Å²) in [7, 11) is 0. The number of carbonyl (C=O) groups is 2. The minimum atomic E-state index is -0.662. The molecular formula is C19H14BrClN2O4S. The Morgan fingerprint density at radius 3 is 2.64 bits per heavy atom. The van der Waals surface area contributed by atoms with Gasteiger partial charge in [0.15, 0.2) is 11.7 Å². The molecule has 1 N–H and O–H groups in total. The predicted octanol–water partition coefficient (Wildman–Crippen LogP) is 4.93. The SMILES string of the molecule is O=C(COC(=O)c1ccccc1OCc1ccccc1Cl)Nc1ncc(Br)s1. The lowest BCUT2D eigenvalue weighted by Gasteiger charge is -2.12. The Morgan fingerprint density at radius 2 is 1.89 bits per heavy atom. The van der Waals surface area contributed by atoms with E-state index in [0.29, 0.717) is 15.9 Å². The number of hydrogen-bond acceptors (Lipinski definition) is 6. The lowest BCUT2D eigenvalue weighted by Crippen LogP contribution is -2.21. The molecule has 1 aromatic heterocycles. The zero-order valence-corrected chi connectivity index (χ0v) is 17.5. The smallest absolute Gasteiger partial charge is 0.342 e. The Bertz CT molecular complexity index is 995. The van der Waals surface area contributed by atoms with Crippen LogP contribution >= 0.6 is 38.9 Å². The molecule has 0 bridgehead atoms. The molecule has 0 saturated heterocycles. The van der Waals surface area contributed by atoms with Crippen molar-refractivity contribution >= 4 is 55.9 Å². The summed E-state index contributed by atoms with van der Waals surface area (Å²) in [6, 6.07) is 13.9. The van der Waals surface area contributed by atoms with Crippen LogP contribution in [0.3, 0.4) is 0 Å². The molecule has 0 aliphatic carbocycles. The number of hydrogen-bond donors (Lipinski definition) is 1. The molecule has 0 aliphatic heterocycles. The third-order valence-electron chi connectivity index (χ3n) is 3.51. The maximum atomic E-state index is 12.4. The molecule has 1 heterocycles. The maximum Gasteiger partial charge on any atom is 0.342 e. The van der Waals surface area contributed by atoms with Gasteiger partial charge in [-0.3, -0.25) is 10.1 Å². The highest BCUT2D eigenvalue weighted by Crippen LogP contribution is 2.24. The van der Waals surface area contributed by atoms with Crippen molar-refractivity contribution in [2.75, 3.05) is 11.9 Å². The fraction of sp³-hybridized carbons (Fsp3) is 0.105. The van der Waals surface area contributed by atoms with Crippen LogP contribution in [0.1, 0.15) is 15.9 Å². The van der Waals surface area contributed by atoms with Crippen molar-refractivity contribution in [2.24, 2.45) is 0 Å². The number of halogens is 2. The van der Waals surface area contributed by atoms with E-state index in [-0.39, 0.29) is 12.2 Å². The van der Waals surface area contributed by atoms with Gasteiger partial charge in [-0.05, 0) is 34.1 Å². The molecule has 0 saturated carbocycles. The molecule has 2 aromatic carbocycles. The van der Waals surface area contributed by atoms with Gasteiger partial charge in [0.2, 0.25) is 0 Å². The van der Waals surface area contributed by atoms with E-state index in [2.05, 4.69) is 26.2 Å². The summed E-state index contributed by atoms with van der Waals surface area (Å²) in [6.07, 6.45) is 1.57. The fourth-order valence-corrected chi connectivity index (χ4v) is 3.52. The average molecular weight is 482 g/mol. The molecule has 0 unspecified atom stereocenters. The van der Waals surface area contributed by atoms with Gasteiger partial charge in [0, 0.05) is 10.6 Å². The first-order valence-electron chi connectivity index (χ1n) is 8.06. The van der Waals surface area contributed by atoms with E-state index in [4.69, 9.17) is 21.1 Å².